The molecule has 3 aliphatic rings. The third-order valence-corrected chi connectivity index (χ3v) is 11.3. The van der Waals surface area contributed by atoms with Gasteiger partial charge in [0.1, 0.15) is 0 Å². The van der Waals surface area contributed by atoms with Crippen molar-refractivity contribution >= 4 is 84.8 Å². The summed E-state index contributed by atoms with van der Waals surface area (Å²) in [7, 11) is 0. The molecule has 11 rings (SSSR count). The predicted molar refractivity (Wildman–Crippen MR) is 218 cm³/mol. The largest absolute Gasteiger partial charge is 0.311 e. The van der Waals surface area contributed by atoms with Gasteiger partial charge in [-0.2, -0.15) is 0 Å². The zero-order valence-electron chi connectivity index (χ0n) is 28.1. The Labute approximate surface area is 298 Å². The second-order valence-electron chi connectivity index (χ2n) is 14.0. The van der Waals surface area contributed by atoms with Crippen LogP contribution in [0.4, 0.5) is 34.1 Å². The summed E-state index contributed by atoms with van der Waals surface area (Å²) < 4.78 is 0. The van der Waals surface area contributed by atoms with E-state index in [1.807, 2.05) is 0 Å². The molecule has 0 saturated carbocycles. The lowest BCUT2D eigenvalue weighted by Gasteiger charge is -2.42. The smallest absolute Gasteiger partial charge is 0.248 e. The van der Waals surface area contributed by atoms with Crippen molar-refractivity contribution in [1.29, 1.82) is 0 Å². The van der Waals surface area contributed by atoms with Gasteiger partial charge in [0.2, 0.25) is 6.71 Å². The molecule has 0 amide bonds. The summed E-state index contributed by atoms with van der Waals surface area (Å²) in [6, 6.07) is 60.6. The monoisotopic (exact) mass is 648 g/mol. The maximum Gasteiger partial charge on any atom is 0.248 e. The normalized spacial score (nSPS) is 13.6. The molecule has 0 N–H and O–H groups in total. The Hall–Kier alpha value is -6.32. The second-order valence-corrected chi connectivity index (χ2v) is 14.0. The van der Waals surface area contributed by atoms with Crippen molar-refractivity contribution < 1.29 is 0 Å². The first-order chi connectivity index (χ1) is 25.3. The van der Waals surface area contributed by atoms with E-state index in [0.29, 0.717) is 0 Å². The van der Waals surface area contributed by atoms with Crippen molar-refractivity contribution in [2.75, 3.05) is 9.80 Å². The van der Waals surface area contributed by atoms with Crippen LogP contribution in [0.3, 0.4) is 0 Å². The minimum atomic E-state index is 0.123. The molecule has 0 atom stereocenters. The van der Waals surface area contributed by atoms with Crippen LogP contribution in [0.25, 0.3) is 38.7 Å². The minimum absolute atomic E-state index is 0.123. The maximum absolute atomic E-state index is 2.54. The third kappa shape index (κ3) is 4.18. The Bertz CT molecular complexity index is 2670. The molecule has 0 bridgehead atoms. The van der Waals surface area contributed by atoms with Crippen LogP contribution in [0, 0.1) is 0 Å². The van der Waals surface area contributed by atoms with Crippen molar-refractivity contribution in [3.8, 4) is 11.1 Å². The van der Waals surface area contributed by atoms with E-state index < -0.39 is 0 Å². The van der Waals surface area contributed by atoms with E-state index >= 15 is 0 Å². The summed E-state index contributed by atoms with van der Waals surface area (Å²) in [5.41, 5.74) is 17.0. The molecule has 8 aromatic rings. The van der Waals surface area contributed by atoms with Crippen LogP contribution in [0.1, 0.15) is 17.5 Å². The maximum atomic E-state index is 2.54. The van der Waals surface area contributed by atoms with Crippen LogP contribution < -0.4 is 26.2 Å². The molecule has 2 heterocycles. The lowest BCUT2D eigenvalue weighted by molar-refractivity contribution is 0.992. The van der Waals surface area contributed by atoms with Gasteiger partial charge in [-0.25, -0.2) is 0 Å². The summed E-state index contributed by atoms with van der Waals surface area (Å²) in [4.78, 5) is 4.96. The van der Waals surface area contributed by atoms with Gasteiger partial charge in [-0.15, -0.1) is 0 Å². The quantitative estimate of drug-likeness (QED) is 0.175. The van der Waals surface area contributed by atoms with Crippen LogP contribution in [0.15, 0.2) is 170 Å². The average molecular weight is 649 g/mol. The van der Waals surface area contributed by atoms with Crippen molar-refractivity contribution in [3.63, 3.8) is 0 Å². The molecule has 0 saturated heterocycles. The van der Waals surface area contributed by atoms with E-state index in [1.165, 1.54) is 82.9 Å². The Kier molecular flexibility index (Phi) is 6.21. The standard InChI is InChI=1S/C48H33BN2/c1-3-16-35(17-4-1)50(36-18-5-2-6-19-36)43-30-28-39-40-21-12-24-44-48(40)49(42-23-11-22-41(43)46(39)42)47-38-20-10-9-14-33(38)26-29-45(47)51(44)37-27-25-32-13-7-8-15-34(32)31-37/h1-9,11-19,21-31H,10,20H2. The molecule has 3 heteroatoms. The van der Waals surface area contributed by atoms with Crippen LogP contribution in [-0.4, -0.2) is 6.71 Å². The molecule has 51 heavy (non-hydrogen) atoms. The van der Waals surface area contributed by atoms with Crippen LogP contribution in [0.5, 0.6) is 0 Å². The number of rotatable bonds is 4. The molecular formula is C48H33BN2. The van der Waals surface area contributed by atoms with E-state index in [4.69, 9.17) is 0 Å². The Morgan fingerprint density at radius 1 is 0.549 bits per heavy atom. The highest BCUT2D eigenvalue weighted by atomic mass is 15.2. The number of fused-ring (bicyclic) bond motifs is 7. The summed E-state index contributed by atoms with van der Waals surface area (Å²) >= 11 is 0. The summed E-state index contributed by atoms with van der Waals surface area (Å²) in [5.74, 6) is 0. The average Bonchev–Trinajstić information content (AvgIpc) is 3.20. The zero-order valence-corrected chi connectivity index (χ0v) is 28.1. The molecule has 2 aliphatic heterocycles. The van der Waals surface area contributed by atoms with Gasteiger partial charge < -0.3 is 9.80 Å². The van der Waals surface area contributed by atoms with Crippen molar-refractivity contribution in [1.82, 2.24) is 0 Å². The van der Waals surface area contributed by atoms with Crippen LogP contribution in [0.2, 0.25) is 0 Å². The predicted octanol–water partition coefficient (Wildman–Crippen LogP) is 10.7. The second kappa shape index (κ2) is 11.1. The van der Waals surface area contributed by atoms with E-state index in [0.717, 1.165) is 24.2 Å². The van der Waals surface area contributed by atoms with Gasteiger partial charge >= 0.3 is 0 Å². The Morgan fingerprint density at radius 3 is 2.12 bits per heavy atom. The molecule has 1 aliphatic carbocycles. The molecule has 0 spiro atoms. The fourth-order valence-electron chi connectivity index (χ4n) is 9.19. The SMILES string of the molecule is C1=Cc2ccc3c(c2CC1)B1c2c(cccc2N3c2ccc3ccccc3c2)-c2ccc(N(c3ccccc3)c3ccccc3)c3cccc1c23. The molecule has 0 radical (unpaired) electrons. The fraction of sp³-hybridized carbons (Fsp3) is 0.0417. The highest BCUT2D eigenvalue weighted by molar-refractivity contribution is 7.01. The number of nitrogens with zero attached hydrogens (tertiary/aromatic N) is 2. The van der Waals surface area contributed by atoms with Crippen molar-refractivity contribution in [3.05, 3.63) is 181 Å². The van der Waals surface area contributed by atoms with Crippen molar-refractivity contribution in [2.24, 2.45) is 0 Å². The third-order valence-electron chi connectivity index (χ3n) is 11.3. The lowest BCUT2D eigenvalue weighted by Crippen LogP contribution is -2.60. The highest BCUT2D eigenvalue weighted by Crippen LogP contribution is 2.46. The summed E-state index contributed by atoms with van der Waals surface area (Å²) in [6.07, 6.45) is 6.79. The number of anilines is 6. The first kappa shape index (κ1) is 28.5. The van der Waals surface area contributed by atoms with Gasteiger partial charge in [0, 0.05) is 33.8 Å². The number of hydrogen-bond acceptors (Lipinski definition) is 2. The van der Waals surface area contributed by atoms with E-state index in [-0.39, 0.29) is 6.71 Å². The van der Waals surface area contributed by atoms with Gasteiger partial charge in [-0.3, -0.25) is 0 Å². The van der Waals surface area contributed by atoms with Crippen molar-refractivity contribution in [2.45, 2.75) is 12.8 Å². The van der Waals surface area contributed by atoms with Gasteiger partial charge in [0.25, 0.3) is 0 Å². The number of allylic oxidation sites excluding steroid dienone is 1. The molecule has 8 aromatic carbocycles. The first-order valence-corrected chi connectivity index (χ1v) is 18.0. The molecular weight excluding hydrogens is 615 g/mol. The van der Waals surface area contributed by atoms with Gasteiger partial charge in [-0.05, 0) is 117 Å². The number of hydrogen-bond donors (Lipinski definition) is 0. The Morgan fingerprint density at radius 2 is 1.29 bits per heavy atom. The number of para-hydroxylation sites is 2. The summed E-state index contributed by atoms with van der Waals surface area (Å²) in [5, 5.41) is 5.15. The molecule has 0 fully saturated rings. The lowest BCUT2D eigenvalue weighted by atomic mass is 9.31. The highest BCUT2D eigenvalue weighted by Gasteiger charge is 2.42. The van der Waals surface area contributed by atoms with E-state index in [9.17, 15) is 0 Å². The molecule has 0 unspecified atom stereocenters. The van der Waals surface area contributed by atoms with Gasteiger partial charge in [0.05, 0.1) is 5.69 Å². The zero-order chi connectivity index (χ0) is 33.5. The molecule has 0 aromatic heterocycles. The number of benzene rings is 8. The molecule has 238 valence electrons. The fourth-order valence-corrected chi connectivity index (χ4v) is 9.19. The van der Waals surface area contributed by atoms with Gasteiger partial charge in [-0.1, -0.05) is 127 Å². The van der Waals surface area contributed by atoms with Crippen LogP contribution >= 0.6 is 0 Å². The van der Waals surface area contributed by atoms with E-state index in [2.05, 4.69) is 186 Å². The molecule has 2 nitrogen and oxygen atoms in total. The minimum Gasteiger partial charge on any atom is -0.311 e. The first-order valence-electron chi connectivity index (χ1n) is 18.0. The van der Waals surface area contributed by atoms with Gasteiger partial charge in [0.15, 0.2) is 0 Å². The van der Waals surface area contributed by atoms with Crippen LogP contribution in [-0.2, 0) is 6.42 Å². The summed E-state index contributed by atoms with van der Waals surface area (Å²) in [6.45, 7) is 0.123. The van der Waals surface area contributed by atoms with E-state index in [1.54, 1.807) is 0 Å². The topological polar surface area (TPSA) is 6.48 Å². The Balaban J connectivity index is 1.22.